The Kier molecular flexibility index (Phi) is 4.22. The Hall–Kier alpha value is -0.120. The molecule has 94 valence electrons. The molecule has 1 N–H and O–H groups in total. The summed E-state index contributed by atoms with van der Waals surface area (Å²) >= 11 is 0. The molecule has 2 rings (SSSR count). The van der Waals surface area contributed by atoms with E-state index in [9.17, 15) is 0 Å². The number of hydrogen-bond acceptors (Lipinski definition) is 3. The fraction of sp³-hybridized carbons (Fsp3) is 1.00. The van der Waals surface area contributed by atoms with Crippen LogP contribution in [0.4, 0.5) is 0 Å². The van der Waals surface area contributed by atoms with Gasteiger partial charge in [-0.05, 0) is 25.8 Å². The molecule has 2 saturated heterocycles. The predicted molar refractivity (Wildman–Crippen MR) is 66.6 cm³/mol. The third-order valence-corrected chi connectivity index (χ3v) is 4.28. The Bertz CT molecular complexity index is 210. The van der Waals surface area contributed by atoms with Crippen molar-refractivity contribution in [3.05, 3.63) is 0 Å². The molecule has 4 atom stereocenters. The third-order valence-electron chi connectivity index (χ3n) is 4.28. The molecule has 2 bridgehead atoms. The molecule has 0 amide bonds. The monoisotopic (exact) mass is 226 g/mol. The van der Waals surface area contributed by atoms with E-state index in [1.807, 2.05) is 0 Å². The average Bonchev–Trinajstić information content (AvgIpc) is 2.64. The van der Waals surface area contributed by atoms with E-state index in [1.165, 1.54) is 25.8 Å². The number of likely N-dealkylation sites (tertiary alicyclic amines) is 1. The first-order valence-corrected chi connectivity index (χ1v) is 6.78. The highest BCUT2D eigenvalue weighted by Gasteiger charge is 2.34. The summed E-state index contributed by atoms with van der Waals surface area (Å²) in [4.78, 5) is 2.60. The lowest BCUT2D eigenvalue weighted by atomic mass is 9.98. The maximum Gasteiger partial charge on any atom is 0.0707 e. The van der Waals surface area contributed by atoms with Crippen LogP contribution in [-0.4, -0.2) is 49.8 Å². The number of likely N-dealkylation sites (N-methyl/N-ethyl adjacent to an activating group) is 1. The third kappa shape index (κ3) is 2.76. The van der Waals surface area contributed by atoms with E-state index in [0.29, 0.717) is 18.2 Å². The zero-order valence-electron chi connectivity index (χ0n) is 10.9. The molecule has 3 heteroatoms. The van der Waals surface area contributed by atoms with Crippen LogP contribution >= 0.6 is 0 Å². The summed E-state index contributed by atoms with van der Waals surface area (Å²) in [6.45, 7) is 8.09. The first kappa shape index (κ1) is 12.3. The Morgan fingerprint density at radius 2 is 1.94 bits per heavy atom. The molecular formula is C13H26N2O. The van der Waals surface area contributed by atoms with Gasteiger partial charge in [-0.2, -0.15) is 0 Å². The lowest BCUT2D eigenvalue weighted by Gasteiger charge is -2.36. The van der Waals surface area contributed by atoms with Crippen LogP contribution in [0.1, 0.15) is 33.1 Å². The highest BCUT2D eigenvalue weighted by molar-refractivity contribution is 4.87. The van der Waals surface area contributed by atoms with Crippen LogP contribution in [0.15, 0.2) is 0 Å². The number of rotatable bonds is 5. The number of nitrogens with one attached hydrogen (secondary N) is 1. The lowest BCUT2D eigenvalue weighted by Crippen LogP contribution is -2.50. The second-order valence-corrected chi connectivity index (χ2v) is 5.46. The number of hydrogen-bond donors (Lipinski definition) is 1. The first-order chi connectivity index (χ1) is 7.72. The van der Waals surface area contributed by atoms with Crippen LogP contribution in [0.2, 0.25) is 0 Å². The average molecular weight is 226 g/mol. The summed E-state index contributed by atoms with van der Waals surface area (Å²) in [5, 5.41) is 3.47. The van der Waals surface area contributed by atoms with E-state index in [-0.39, 0.29) is 0 Å². The lowest BCUT2D eigenvalue weighted by molar-refractivity contribution is -0.0419. The van der Waals surface area contributed by atoms with Gasteiger partial charge in [-0.3, -0.25) is 4.90 Å². The SMILES string of the molecule is CCC(C)C(CN1CC2CCC(C1)O2)NC. The summed E-state index contributed by atoms with van der Waals surface area (Å²) in [7, 11) is 2.09. The second-order valence-electron chi connectivity index (χ2n) is 5.46. The number of ether oxygens (including phenoxy) is 1. The van der Waals surface area contributed by atoms with E-state index < -0.39 is 0 Å². The molecule has 0 aromatic heterocycles. The fourth-order valence-corrected chi connectivity index (χ4v) is 2.97. The maximum absolute atomic E-state index is 5.87. The number of morpholine rings is 1. The van der Waals surface area contributed by atoms with Gasteiger partial charge >= 0.3 is 0 Å². The van der Waals surface area contributed by atoms with Crippen molar-refractivity contribution < 1.29 is 4.74 Å². The predicted octanol–water partition coefficient (Wildman–Crippen LogP) is 1.48. The molecule has 0 spiro atoms. The van der Waals surface area contributed by atoms with Crippen molar-refractivity contribution in [3.8, 4) is 0 Å². The van der Waals surface area contributed by atoms with Crippen molar-refractivity contribution in [3.63, 3.8) is 0 Å². The maximum atomic E-state index is 5.87. The zero-order chi connectivity index (χ0) is 11.5. The summed E-state index contributed by atoms with van der Waals surface area (Å²) in [6, 6.07) is 0.627. The quantitative estimate of drug-likeness (QED) is 0.768. The van der Waals surface area contributed by atoms with Gasteiger partial charge in [0.25, 0.3) is 0 Å². The molecule has 0 aliphatic carbocycles. The van der Waals surface area contributed by atoms with Gasteiger partial charge in [-0.15, -0.1) is 0 Å². The van der Waals surface area contributed by atoms with Crippen LogP contribution in [-0.2, 0) is 4.74 Å². The summed E-state index contributed by atoms with van der Waals surface area (Å²) < 4.78 is 5.87. The molecule has 0 saturated carbocycles. The standard InChI is InChI=1S/C13H26N2O/c1-4-10(2)13(14-3)9-15-7-11-5-6-12(8-15)16-11/h10-14H,4-9H2,1-3H3. The Morgan fingerprint density at radius 3 is 2.44 bits per heavy atom. The normalized spacial score (nSPS) is 33.9. The van der Waals surface area contributed by atoms with Gasteiger partial charge in [0.2, 0.25) is 0 Å². The largest absolute Gasteiger partial charge is 0.372 e. The molecule has 2 heterocycles. The highest BCUT2D eigenvalue weighted by atomic mass is 16.5. The minimum Gasteiger partial charge on any atom is -0.372 e. The van der Waals surface area contributed by atoms with Crippen LogP contribution < -0.4 is 5.32 Å². The van der Waals surface area contributed by atoms with Gasteiger partial charge in [0, 0.05) is 25.7 Å². The van der Waals surface area contributed by atoms with E-state index in [1.54, 1.807) is 0 Å². The zero-order valence-corrected chi connectivity index (χ0v) is 10.9. The van der Waals surface area contributed by atoms with Crippen LogP contribution in [0.5, 0.6) is 0 Å². The van der Waals surface area contributed by atoms with E-state index in [4.69, 9.17) is 4.74 Å². The van der Waals surface area contributed by atoms with Gasteiger partial charge in [-0.25, -0.2) is 0 Å². The first-order valence-electron chi connectivity index (χ1n) is 6.78. The van der Waals surface area contributed by atoms with Crippen molar-refractivity contribution in [1.82, 2.24) is 10.2 Å². The minimum absolute atomic E-state index is 0.521. The topological polar surface area (TPSA) is 24.5 Å². The molecule has 2 aliphatic heterocycles. The molecule has 2 aliphatic rings. The molecule has 2 fully saturated rings. The molecule has 0 radical (unpaired) electrons. The second kappa shape index (κ2) is 5.48. The van der Waals surface area contributed by atoms with E-state index in [0.717, 1.165) is 19.0 Å². The highest BCUT2D eigenvalue weighted by Crippen LogP contribution is 2.26. The van der Waals surface area contributed by atoms with Gasteiger partial charge in [0.1, 0.15) is 0 Å². The fourth-order valence-electron chi connectivity index (χ4n) is 2.97. The number of fused-ring (bicyclic) bond motifs is 2. The summed E-state index contributed by atoms with van der Waals surface area (Å²) in [6.07, 6.45) is 4.84. The van der Waals surface area contributed by atoms with Gasteiger partial charge in [-0.1, -0.05) is 20.3 Å². The summed E-state index contributed by atoms with van der Waals surface area (Å²) in [5.74, 6) is 0.755. The Balaban J connectivity index is 1.84. The van der Waals surface area contributed by atoms with Crippen molar-refractivity contribution >= 4 is 0 Å². The van der Waals surface area contributed by atoms with Crippen molar-refractivity contribution in [2.45, 2.75) is 51.4 Å². The molecule has 3 nitrogen and oxygen atoms in total. The van der Waals surface area contributed by atoms with Crippen LogP contribution in [0.3, 0.4) is 0 Å². The summed E-state index contributed by atoms with van der Waals surface area (Å²) in [5.41, 5.74) is 0. The van der Waals surface area contributed by atoms with Crippen molar-refractivity contribution in [2.24, 2.45) is 5.92 Å². The molecule has 4 unspecified atom stereocenters. The molecule has 0 aromatic rings. The Labute approximate surface area is 99.5 Å². The van der Waals surface area contributed by atoms with E-state index >= 15 is 0 Å². The van der Waals surface area contributed by atoms with Gasteiger partial charge < -0.3 is 10.1 Å². The molecule has 0 aromatic carbocycles. The smallest absolute Gasteiger partial charge is 0.0707 e. The van der Waals surface area contributed by atoms with Crippen LogP contribution in [0.25, 0.3) is 0 Å². The minimum atomic E-state index is 0.521. The Morgan fingerprint density at radius 1 is 1.31 bits per heavy atom. The van der Waals surface area contributed by atoms with E-state index in [2.05, 4.69) is 31.1 Å². The van der Waals surface area contributed by atoms with Crippen molar-refractivity contribution in [1.29, 1.82) is 0 Å². The molecule has 16 heavy (non-hydrogen) atoms. The van der Waals surface area contributed by atoms with Gasteiger partial charge in [0.05, 0.1) is 12.2 Å². The van der Waals surface area contributed by atoms with Crippen molar-refractivity contribution in [2.75, 3.05) is 26.7 Å². The molecular weight excluding hydrogens is 200 g/mol. The van der Waals surface area contributed by atoms with Crippen LogP contribution in [0, 0.1) is 5.92 Å². The number of nitrogens with zero attached hydrogens (tertiary/aromatic N) is 1. The van der Waals surface area contributed by atoms with Gasteiger partial charge in [0.15, 0.2) is 0 Å².